The van der Waals surface area contributed by atoms with Crippen LogP contribution in [-0.4, -0.2) is 64.0 Å². The third-order valence-corrected chi connectivity index (χ3v) is 4.16. The van der Waals surface area contributed by atoms with Gasteiger partial charge < -0.3 is 29.8 Å². The van der Waals surface area contributed by atoms with Crippen LogP contribution in [0.5, 0.6) is 0 Å². The fourth-order valence-electron chi connectivity index (χ4n) is 2.67. The molecular formula is C19H32N4O4. The lowest BCUT2D eigenvalue weighted by molar-refractivity contribution is 0.0420. The molecule has 1 aromatic heterocycles. The maximum Gasteiger partial charge on any atom is 0.287 e. The Bertz CT molecular complexity index is 582. The van der Waals surface area contributed by atoms with Gasteiger partial charge in [-0.25, -0.2) is 0 Å². The smallest absolute Gasteiger partial charge is 0.287 e. The van der Waals surface area contributed by atoms with Gasteiger partial charge in [-0.3, -0.25) is 9.79 Å². The van der Waals surface area contributed by atoms with Crippen LogP contribution >= 0.6 is 0 Å². The number of amides is 1. The lowest BCUT2D eigenvalue weighted by Crippen LogP contribution is -2.38. The van der Waals surface area contributed by atoms with E-state index >= 15 is 0 Å². The fraction of sp³-hybridized carbons (Fsp3) is 0.684. The Hall–Kier alpha value is -2.06. The molecule has 2 heterocycles. The number of hydrogen-bond acceptors (Lipinski definition) is 5. The minimum atomic E-state index is -0.181. The molecule has 0 radical (unpaired) electrons. The summed E-state index contributed by atoms with van der Waals surface area (Å²) < 4.78 is 16.2. The summed E-state index contributed by atoms with van der Waals surface area (Å²) in [5.41, 5.74) is 0.841. The van der Waals surface area contributed by atoms with Crippen LogP contribution in [0.25, 0.3) is 0 Å². The number of rotatable bonds is 11. The highest BCUT2D eigenvalue weighted by atomic mass is 16.5. The minimum absolute atomic E-state index is 0.181. The van der Waals surface area contributed by atoms with E-state index in [9.17, 15) is 4.79 Å². The molecule has 0 spiro atoms. The molecule has 27 heavy (non-hydrogen) atoms. The van der Waals surface area contributed by atoms with E-state index in [1.54, 1.807) is 6.07 Å². The Morgan fingerprint density at radius 1 is 1.30 bits per heavy atom. The van der Waals surface area contributed by atoms with Crippen LogP contribution in [0.3, 0.4) is 0 Å². The standard InChI is InChI=1S/C19H32N4O4/c1-3-20-19(23-10-5-11-26-16-7-12-25-14-16)22-9-4-8-21-18(24)17-15(2)6-13-27-17/h6,13,16H,3-5,7-12,14H2,1-2H3,(H,21,24)(H2,20,22,23). The van der Waals surface area contributed by atoms with E-state index in [1.807, 2.05) is 13.8 Å². The van der Waals surface area contributed by atoms with Gasteiger partial charge in [0.2, 0.25) is 0 Å². The molecule has 152 valence electrons. The summed E-state index contributed by atoms with van der Waals surface area (Å²) in [6, 6.07) is 1.78. The van der Waals surface area contributed by atoms with Gasteiger partial charge in [0.15, 0.2) is 11.7 Å². The molecule has 2 rings (SSSR count). The molecule has 8 nitrogen and oxygen atoms in total. The number of carbonyl (C=O) groups is 1. The first-order valence-electron chi connectivity index (χ1n) is 9.74. The number of nitrogens with one attached hydrogen (secondary N) is 3. The summed E-state index contributed by atoms with van der Waals surface area (Å²) in [6.45, 7) is 8.91. The first-order chi connectivity index (χ1) is 13.2. The molecule has 0 aliphatic carbocycles. The molecule has 1 fully saturated rings. The molecule has 3 N–H and O–H groups in total. The average molecular weight is 380 g/mol. The summed E-state index contributed by atoms with van der Waals surface area (Å²) in [7, 11) is 0. The van der Waals surface area contributed by atoms with Gasteiger partial charge in [-0.1, -0.05) is 0 Å². The Morgan fingerprint density at radius 2 is 2.15 bits per heavy atom. The van der Waals surface area contributed by atoms with Crippen LogP contribution in [0.15, 0.2) is 21.7 Å². The molecule has 0 aromatic carbocycles. The molecule has 0 bridgehead atoms. The first kappa shape index (κ1) is 21.2. The molecular weight excluding hydrogens is 348 g/mol. The quantitative estimate of drug-likeness (QED) is 0.305. The van der Waals surface area contributed by atoms with E-state index in [0.29, 0.717) is 25.5 Å². The molecule has 1 aliphatic rings. The first-order valence-corrected chi connectivity index (χ1v) is 9.74. The number of nitrogens with zero attached hydrogens (tertiary/aromatic N) is 1. The minimum Gasteiger partial charge on any atom is -0.459 e. The van der Waals surface area contributed by atoms with Crippen LogP contribution in [0, 0.1) is 6.92 Å². The van der Waals surface area contributed by atoms with Crippen molar-refractivity contribution in [3.8, 4) is 0 Å². The van der Waals surface area contributed by atoms with Gasteiger partial charge in [0.05, 0.1) is 19.0 Å². The SMILES string of the molecule is CCNC(=NCCCNC(=O)c1occc1C)NCCCOC1CCOC1. The predicted octanol–water partition coefficient (Wildman–Crippen LogP) is 1.46. The molecule has 8 heteroatoms. The molecule has 1 amide bonds. The molecule has 1 aromatic rings. The maximum absolute atomic E-state index is 11.9. The zero-order valence-electron chi connectivity index (χ0n) is 16.4. The second-order valence-electron chi connectivity index (χ2n) is 6.44. The Morgan fingerprint density at radius 3 is 2.85 bits per heavy atom. The topological polar surface area (TPSA) is 97.1 Å². The van der Waals surface area contributed by atoms with E-state index in [1.165, 1.54) is 6.26 Å². The molecule has 0 saturated carbocycles. The Balaban J connectivity index is 1.56. The Labute approximate surface area is 161 Å². The lowest BCUT2D eigenvalue weighted by atomic mass is 10.2. The van der Waals surface area contributed by atoms with Crippen molar-refractivity contribution < 1.29 is 18.7 Å². The number of aliphatic imine (C=N–C) groups is 1. The van der Waals surface area contributed by atoms with E-state index in [-0.39, 0.29) is 12.0 Å². The Kier molecular flexibility index (Phi) is 9.72. The summed E-state index contributed by atoms with van der Waals surface area (Å²) in [5, 5.41) is 9.37. The second-order valence-corrected chi connectivity index (χ2v) is 6.44. The van der Waals surface area contributed by atoms with E-state index < -0.39 is 0 Å². The van der Waals surface area contributed by atoms with Crippen LogP contribution in [0.2, 0.25) is 0 Å². The van der Waals surface area contributed by atoms with Crippen molar-refractivity contribution in [2.45, 2.75) is 39.2 Å². The normalized spacial score (nSPS) is 17.1. The van der Waals surface area contributed by atoms with E-state index in [2.05, 4.69) is 20.9 Å². The van der Waals surface area contributed by atoms with Crippen molar-refractivity contribution in [3.63, 3.8) is 0 Å². The molecule has 1 saturated heterocycles. The highest BCUT2D eigenvalue weighted by molar-refractivity contribution is 5.92. The van der Waals surface area contributed by atoms with Crippen LogP contribution < -0.4 is 16.0 Å². The van der Waals surface area contributed by atoms with Gasteiger partial charge in [0, 0.05) is 45.0 Å². The number of aryl methyl sites for hydroxylation is 1. The summed E-state index contributed by atoms with van der Waals surface area (Å²) in [6.07, 6.45) is 4.45. The van der Waals surface area contributed by atoms with Crippen LogP contribution in [0.1, 0.15) is 42.3 Å². The van der Waals surface area contributed by atoms with Gasteiger partial charge in [-0.15, -0.1) is 0 Å². The second kappa shape index (κ2) is 12.3. The number of guanidine groups is 1. The summed E-state index contributed by atoms with van der Waals surface area (Å²) in [4.78, 5) is 16.5. The summed E-state index contributed by atoms with van der Waals surface area (Å²) >= 11 is 0. The molecule has 1 unspecified atom stereocenters. The third kappa shape index (κ3) is 8.01. The maximum atomic E-state index is 11.9. The zero-order chi connectivity index (χ0) is 19.3. The van der Waals surface area contributed by atoms with Crippen LogP contribution in [-0.2, 0) is 9.47 Å². The largest absolute Gasteiger partial charge is 0.459 e. The van der Waals surface area contributed by atoms with Crippen molar-refractivity contribution in [1.29, 1.82) is 0 Å². The predicted molar refractivity (Wildman–Crippen MR) is 104 cm³/mol. The average Bonchev–Trinajstić information content (AvgIpc) is 3.32. The van der Waals surface area contributed by atoms with Gasteiger partial charge in [0.25, 0.3) is 5.91 Å². The van der Waals surface area contributed by atoms with Crippen molar-refractivity contribution in [2.75, 3.05) is 46.0 Å². The van der Waals surface area contributed by atoms with Gasteiger partial charge >= 0.3 is 0 Å². The van der Waals surface area contributed by atoms with Gasteiger partial charge in [0.1, 0.15) is 0 Å². The van der Waals surface area contributed by atoms with Crippen molar-refractivity contribution in [2.24, 2.45) is 4.99 Å². The van der Waals surface area contributed by atoms with E-state index in [0.717, 1.165) is 57.1 Å². The van der Waals surface area contributed by atoms with Crippen molar-refractivity contribution >= 4 is 11.9 Å². The lowest BCUT2D eigenvalue weighted by Gasteiger charge is -2.13. The third-order valence-electron chi connectivity index (χ3n) is 4.16. The van der Waals surface area contributed by atoms with Gasteiger partial charge in [-0.2, -0.15) is 0 Å². The zero-order valence-corrected chi connectivity index (χ0v) is 16.4. The number of furan rings is 1. The van der Waals surface area contributed by atoms with Crippen LogP contribution in [0.4, 0.5) is 0 Å². The van der Waals surface area contributed by atoms with Gasteiger partial charge in [-0.05, 0) is 39.2 Å². The van der Waals surface area contributed by atoms with Crippen molar-refractivity contribution in [1.82, 2.24) is 16.0 Å². The van der Waals surface area contributed by atoms with Crippen molar-refractivity contribution in [3.05, 3.63) is 23.7 Å². The number of hydrogen-bond donors (Lipinski definition) is 3. The molecule has 1 atom stereocenters. The monoisotopic (exact) mass is 380 g/mol. The number of ether oxygens (including phenoxy) is 2. The molecule has 1 aliphatic heterocycles. The highest BCUT2D eigenvalue weighted by Crippen LogP contribution is 2.08. The fourth-order valence-corrected chi connectivity index (χ4v) is 2.67. The highest BCUT2D eigenvalue weighted by Gasteiger charge is 2.15. The number of carbonyl (C=O) groups excluding carboxylic acids is 1. The van der Waals surface area contributed by atoms with E-state index in [4.69, 9.17) is 13.9 Å². The summed E-state index contributed by atoms with van der Waals surface area (Å²) in [5.74, 6) is 0.981.